The fraction of sp³-hybridized carbons (Fsp3) is 0.261. The van der Waals surface area contributed by atoms with E-state index in [-0.39, 0.29) is 11.8 Å². The van der Waals surface area contributed by atoms with Crippen LogP contribution in [0.25, 0.3) is 22.9 Å². The monoisotopic (exact) mass is 435 g/mol. The number of aromatic amines is 1. The van der Waals surface area contributed by atoms with E-state index in [4.69, 9.17) is 0 Å². The molecule has 4 rings (SSSR count). The molecule has 2 aromatic heterocycles. The molecule has 8 heteroatoms. The number of fused-ring (bicyclic) bond motifs is 1. The van der Waals surface area contributed by atoms with Crippen molar-refractivity contribution in [3.05, 3.63) is 56.7 Å². The molecule has 0 aliphatic carbocycles. The maximum Gasteiger partial charge on any atom is 0.256 e. The number of anilines is 1. The van der Waals surface area contributed by atoms with Gasteiger partial charge in [-0.2, -0.15) is 0 Å². The molecule has 0 spiro atoms. The molecule has 31 heavy (non-hydrogen) atoms. The SMILES string of the molecule is CNCCNC(=O)c1c(C)[nH]c(/C=C2\C(=O)Nc3ccc(-c4csc(C)n4)cc32)c1C. The molecule has 3 heterocycles. The number of carbonyl (C=O) groups is 2. The highest BCUT2D eigenvalue weighted by Gasteiger charge is 2.26. The molecule has 1 aliphatic heterocycles. The molecule has 0 fully saturated rings. The average Bonchev–Trinajstić information content (AvgIpc) is 3.38. The summed E-state index contributed by atoms with van der Waals surface area (Å²) < 4.78 is 0. The van der Waals surface area contributed by atoms with Gasteiger partial charge in [-0.05, 0) is 51.6 Å². The molecule has 0 saturated heterocycles. The minimum Gasteiger partial charge on any atom is -0.358 e. The van der Waals surface area contributed by atoms with Crippen LogP contribution in [0, 0.1) is 20.8 Å². The zero-order valence-corrected chi connectivity index (χ0v) is 18.8. The molecule has 1 aliphatic rings. The van der Waals surface area contributed by atoms with Gasteiger partial charge in [-0.25, -0.2) is 4.98 Å². The topological polar surface area (TPSA) is 98.9 Å². The van der Waals surface area contributed by atoms with Gasteiger partial charge in [-0.15, -0.1) is 11.3 Å². The van der Waals surface area contributed by atoms with Gasteiger partial charge in [-0.1, -0.05) is 6.07 Å². The number of hydrogen-bond acceptors (Lipinski definition) is 5. The second kappa shape index (κ2) is 8.49. The number of rotatable bonds is 6. The molecule has 0 unspecified atom stereocenters. The standard InChI is InChI=1S/C23H25N5O2S/c1-12-19(26-13(2)21(12)23(30)25-8-7-24-4)10-17-16-9-15(20-11-31-14(3)27-20)5-6-18(16)28-22(17)29/h5-6,9-11,24,26H,7-8H2,1-4H3,(H,25,30)(H,28,29)/b17-10-. The summed E-state index contributed by atoms with van der Waals surface area (Å²) in [5, 5.41) is 11.9. The Kier molecular flexibility index (Phi) is 5.75. The van der Waals surface area contributed by atoms with Crippen molar-refractivity contribution in [1.29, 1.82) is 0 Å². The van der Waals surface area contributed by atoms with E-state index in [0.717, 1.165) is 44.5 Å². The van der Waals surface area contributed by atoms with Crippen LogP contribution in [0.3, 0.4) is 0 Å². The van der Waals surface area contributed by atoms with Crippen molar-refractivity contribution in [3.8, 4) is 11.3 Å². The van der Waals surface area contributed by atoms with Crippen LogP contribution in [-0.4, -0.2) is 41.9 Å². The van der Waals surface area contributed by atoms with E-state index in [1.807, 2.05) is 57.5 Å². The Morgan fingerprint density at radius 2 is 2.03 bits per heavy atom. The Balaban J connectivity index is 1.70. The molecular formula is C23H25N5O2S. The fourth-order valence-corrected chi connectivity index (χ4v) is 4.40. The van der Waals surface area contributed by atoms with Gasteiger partial charge >= 0.3 is 0 Å². The number of amides is 2. The van der Waals surface area contributed by atoms with Gasteiger partial charge in [0.05, 0.1) is 21.8 Å². The van der Waals surface area contributed by atoms with Crippen molar-refractivity contribution in [2.75, 3.05) is 25.5 Å². The Bertz CT molecular complexity index is 1200. The van der Waals surface area contributed by atoms with Gasteiger partial charge in [0.15, 0.2) is 0 Å². The predicted molar refractivity (Wildman–Crippen MR) is 125 cm³/mol. The van der Waals surface area contributed by atoms with Crippen molar-refractivity contribution >= 4 is 40.5 Å². The van der Waals surface area contributed by atoms with Crippen LogP contribution in [0.4, 0.5) is 5.69 Å². The highest BCUT2D eigenvalue weighted by Crippen LogP contribution is 2.37. The van der Waals surface area contributed by atoms with Gasteiger partial charge in [-0.3, -0.25) is 9.59 Å². The number of likely N-dealkylation sites (N-methyl/N-ethyl adjacent to an activating group) is 1. The van der Waals surface area contributed by atoms with E-state index >= 15 is 0 Å². The number of aromatic nitrogens is 2. The third-order valence-electron chi connectivity index (χ3n) is 5.37. The quantitative estimate of drug-likeness (QED) is 0.352. The molecule has 0 radical (unpaired) electrons. The fourth-order valence-electron chi connectivity index (χ4n) is 3.78. The molecule has 160 valence electrons. The van der Waals surface area contributed by atoms with E-state index in [9.17, 15) is 9.59 Å². The lowest BCUT2D eigenvalue weighted by atomic mass is 10.0. The summed E-state index contributed by atoms with van der Waals surface area (Å²) in [6, 6.07) is 5.86. The third kappa shape index (κ3) is 4.04. The molecule has 4 N–H and O–H groups in total. The Labute approximate surface area is 185 Å². The molecule has 0 atom stereocenters. The summed E-state index contributed by atoms with van der Waals surface area (Å²) in [5.41, 5.74) is 7.01. The number of carbonyl (C=O) groups excluding carboxylic acids is 2. The van der Waals surface area contributed by atoms with Gasteiger partial charge in [0.2, 0.25) is 0 Å². The molecule has 0 saturated carbocycles. The number of hydrogen-bond donors (Lipinski definition) is 4. The van der Waals surface area contributed by atoms with Crippen LogP contribution in [0.2, 0.25) is 0 Å². The molecule has 3 aromatic rings. The summed E-state index contributed by atoms with van der Waals surface area (Å²) in [6.07, 6.45) is 1.82. The smallest absolute Gasteiger partial charge is 0.256 e. The predicted octanol–water partition coefficient (Wildman–Crippen LogP) is 3.51. The van der Waals surface area contributed by atoms with Crippen molar-refractivity contribution in [3.63, 3.8) is 0 Å². The number of nitrogens with zero attached hydrogens (tertiary/aromatic N) is 1. The normalized spacial score (nSPS) is 14.1. The van der Waals surface area contributed by atoms with Crippen molar-refractivity contribution in [2.24, 2.45) is 0 Å². The first-order valence-corrected chi connectivity index (χ1v) is 11.0. The second-order valence-electron chi connectivity index (χ2n) is 7.55. The van der Waals surface area contributed by atoms with Crippen molar-refractivity contribution < 1.29 is 9.59 Å². The average molecular weight is 436 g/mol. The van der Waals surface area contributed by atoms with Crippen LogP contribution < -0.4 is 16.0 Å². The third-order valence-corrected chi connectivity index (χ3v) is 6.14. The second-order valence-corrected chi connectivity index (χ2v) is 8.61. The first-order valence-electron chi connectivity index (χ1n) is 10.1. The van der Waals surface area contributed by atoms with Crippen LogP contribution >= 0.6 is 11.3 Å². The minimum atomic E-state index is -0.159. The maximum absolute atomic E-state index is 12.7. The van der Waals surface area contributed by atoms with Crippen LogP contribution in [0.5, 0.6) is 0 Å². The van der Waals surface area contributed by atoms with Gasteiger partial charge in [0, 0.05) is 46.7 Å². The van der Waals surface area contributed by atoms with Gasteiger partial charge < -0.3 is 20.9 Å². The van der Waals surface area contributed by atoms with Crippen LogP contribution in [0.15, 0.2) is 23.6 Å². The van der Waals surface area contributed by atoms with E-state index in [2.05, 4.69) is 25.9 Å². The first kappa shape index (κ1) is 21.0. The molecular weight excluding hydrogens is 410 g/mol. The number of aryl methyl sites for hydroxylation is 2. The van der Waals surface area contributed by atoms with E-state index in [0.29, 0.717) is 24.2 Å². The largest absolute Gasteiger partial charge is 0.358 e. The van der Waals surface area contributed by atoms with E-state index < -0.39 is 0 Å². The number of H-pyrrole nitrogens is 1. The number of benzene rings is 1. The lowest BCUT2D eigenvalue weighted by molar-refractivity contribution is -0.110. The zero-order chi connectivity index (χ0) is 22.1. The summed E-state index contributed by atoms with van der Waals surface area (Å²) in [4.78, 5) is 33.1. The number of thiazole rings is 1. The van der Waals surface area contributed by atoms with E-state index in [1.54, 1.807) is 11.3 Å². The minimum absolute atomic E-state index is 0.122. The summed E-state index contributed by atoms with van der Waals surface area (Å²) >= 11 is 1.60. The number of nitrogens with one attached hydrogen (secondary N) is 4. The molecule has 2 amide bonds. The molecule has 1 aromatic carbocycles. The van der Waals surface area contributed by atoms with Crippen molar-refractivity contribution in [2.45, 2.75) is 20.8 Å². The summed E-state index contributed by atoms with van der Waals surface area (Å²) in [6.45, 7) is 6.98. The maximum atomic E-state index is 12.7. The summed E-state index contributed by atoms with van der Waals surface area (Å²) in [7, 11) is 1.84. The Hall–Kier alpha value is -3.23. The lowest BCUT2D eigenvalue weighted by Crippen LogP contribution is -2.30. The summed E-state index contributed by atoms with van der Waals surface area (Å²) in [5.74, 6) is -0.281. The molecule has 7 nitrogen and oxygen atoms in total. The van der Waals surface area contributed by atoms with Gasteiger partial charge in [0.25, 0.3) is 11.8 Å². The molecule has 0 bridgehead atoms. The Morgan fingerprint density at radius 3 is 2.74 bits per heavy atom. The van der Waals surface area contributed by atoms with Gasteiger partial charge in [0.1, 0.15) is 0 Å². The zero-order valence-electron chi connectivity index (χ0n) is 18.0. The Morgan fingerprint density at radius 1 is 1.23 bits per heavy atom. The van der Waals surface area contributed by atoms with Crippen LogP contribution in [0.1, 0.15) is 37.9 Å². The highest BCUT2D eigenvalue weighted by atomic mass is 32.1. The first-order chi connectivity index (χ1) is 14.9. The van der Waals surface area contributed by atoms with Crippen molar-refractivity contribution in [1.82, 2.24) is 20.6 Å². The highest BCUT2D eigenvalue weighted by molar-refractivity contribution is 7.09. The lowest BCUT2D eigenvalue weighted by Gasteiger charge is -2.05. The van der Waals surface area contributed by atoms with Crippen LogP contribution in [-0.2, 0) is 4.79 Å². The van der Waals surface area contributed by atoms with E-state index in [1.165, 1.54) is 0 Å².